The van der Waals surface area contributed by atoms with Gasteiger partial charge in [0, 0.05) is 34.2 Å². The SMILES string of the molecule is Cn1nnc(-c2cccc(NC(=O)C3CC4CC(OCc5c(-c6c(Cl)cccc6Cl)noc5C5CC5)CC3C4)c2)n1. The highest BCUT2D eigenvalue weighted by molar-refractivity contribution is 6.39. The van der Waals surface area contributed by atoms with Crippen LogP contribution in [0.25, 0.3) is 22.6 Å². The molecule has 0 aliphatic heterocycles. The Hall–Kier alpha value is -3.27. The number of tetrazole rings is 1. The van der Waals surface area contributed by atoms with Crippen molar-refractivity contribution in [2.45, 2.75) is 57.2 Å². The molecule has 2 bridgehead atoms. The van der Waals surface area contributed by atoms with Gasteiger partial charge in [0.2, 0.25) is 11.7 Å². The van der Waals surface area contributed by atoms with Crippen LogP contribution < -0.4 is 5.32 Å². The van der Waals surface area contributed by atoms with E-state index in [4.69, 9.17) is 32.5 Å². The number of carbonyl (C=O) groups excluding carboxylic acids is 1. The summed E-state index contributed by atoms with van der Waals surface area (Å²) >= 11 is 13.1. The number of amides is 1. The number of hydrogen-bond acceptors (Lipinski definition) is 7. The maximum atomic E-state index is 13.4. The van der Waals surface area contributed by atoms with Crippen LogP contribution in [0.5, 0.6) is 0 Å². The van der Waals surface area contributed by atoms with E-state index in [1.54, 1.807) is 7.05 Å². The molecule has 212 valence electrons. The van der Waals surface area contributed by atoms with Gasteiger partial charge < -0.3 is 14.6 Å². The average Bonchev–Trinajstić information content (AvgIpc) is 3.45. The zero-order chi connectivity index (χ0) is 28.1. The van der Waals surface area contributed by atoms with Crippen LogP contribution in [0, 0.1) is 17.8 Å². The number of rotatable bonds is 8. The first kappa shape index (κ1) is 26.6. The summed E-state index contributed by atoms with van der Waals surface area (Å²) in [5.41, 5.74) is 3.83. The number of anilines is 1. The third-order valence-corrected chi connectivity index (χ3v) is 9.25. The second-order valence-electron chi connectivity index (χ2n) is 11.5. The zero-order valence-corrected chi connectivity index (χ0v) is 24.1. The number of carbonyl (C=O) groups is 1. The lowest BCUT2D eigenvalue weighted by molar-refractivity contribution is -0.121. The van der Waals surface area contributed by atoms with E-state index in [1.165, 1.54) is 4.80 Å². The van der Waals surface area contributed by atoms with Gasteiger partial charge in [0.15, 0.2) is 0 Å². The molecule has 7 rings (SSSR count). The Morgan fingerprint density at radius 1 is 1.10 bits per heavy atom. The van der Waals surface area contributed by atoms with Gasteiger partial charge in [-0.25, -0.2) is 0 Å². The Morgan fingerprint density at radius 3 is 2.66 bits per heavy atom. The summed E-state index contributed by atoms with van der Waals surface area (Å²) < 4.78 is 12.4. The van der Waals surface area contributed by atoms with E-state index in [9.17, 15) is 4.79 Å². The van der Waals surface area contributed by atoms with Crippen LogP contribution in [0.4, 0.5) is 5.69 Å². The van der Waals surface area contributed by atoms with E-state index in [0.717, 1.165) is 61.1 Å². The minimum absolute atomic E-state index is 0.0398. The maximum Gasteiger partial charge on any atom is 0.227 e. The van der Waals surface area contributed by atoms with Crippen molar-refractivity contribution in [1.82, 2.24) is 25.4 Å². The summed E-state index contributed by atoms with van der Waals surface area (Å²) in [6, 6.07) is 13.0. The molecule has 2 aromatic carbocycles. The Kier molecular flexibility index (Phi) is 7.05. The highest BCUT2D eigenvalue weighted by atomic mass is 35.5. The molecule has 0 radical (unpaired) electrons. The van der Waals surface area contributed by atoms with Crippen LogP contribution in [-0.2, 0) is 23.2 Å². The number of fused-ring (bicyclic) bond motifs is 2. The van der Waals surface area contributed by atoms with Gasteiger partial charge in [-0.3, -0.25) is 4.79 Å². The summed E-state index contributed by atoms with van der Waals surface area (Å²) in [6.45, 7) is 0.385. The fourth-order valence-corrected chi connectivity index (χ4v) is 7.15. The average molecular weight is 594 g/mol. The molecule has 2 heterocycles. The molecule has 4 unspecified atom stereocenters. The van der Waals surface area contributed by atoms with E-state index < -0.39 is 0 Å². The first-order valence-corrected chi connectivity index (χ1v) is 14.9. The molecule has 3 aliphatic carbocycles. The molecule has 9 nitrogen and oxygen atoms in total. The van der Waals surface area contributed by atoms with Crippen LogP contribution in [0.1, 0.15) is 55.8 Å². The van der Waals surface area contributed by atoms with Gasteiger partial charge >= 0.3 is 0 Å². The molecular formula is C30H30Cl2N6O3. The molecular weight excluding hydrogens is 563 g/mol. The zero-order valence-electron chi connectivity index (χ0n) is 22.6. The first-order valence-electron chi connectivity index (χ1n) is 14.1. The maximum absolute atomic E-state index is 13.4. The topological polar surface area (TPSA) is 108 Å². The molecule has 2 aromatic heterocycles. The fourth-order valence-electron chi connectivity index (χ4n) is 6.58. The molecule has 1 amide bonds. The quantitative estimate of drug-likeness (QED) is 0.243. The van der Waals surface area contributed by atoms with Crippen molar-refractivity contribution in [3.63, 3.8) is 0 Å². The number of nitrogens with one attached hydrogen (secondary N) is 1. The van der Waals surface area contributed by atoms with Crippen molar-refractivity contribution in [2.24, 2.45) is 24.8 Å². The molecule has 1 N–H and O–H groups in total. The molecule has 0 saturated heterocycles. The molecule has 3 saturated carbocycles. The monoisotopic (exact) mass is 592 g/mol. The van der Waals surface area contributed by atoms with Gasteiger partial charge in [0.1, 0.15) is 11.5 Å². The Bertz CT molecular complexity index is 1580. The molecule has 0 spiro atoms. The number of benzene rings is 2. The predicted octanol–water partition coefficient (Wildman–Crippen LogP) is 6.68. The second-order valence-corrected chi connectivity index (χ2v) is 12.3. The standard InChI is InChI=1S/C30H30Cl2N6O3/c1-38-35-29(34-37-38)18-4-2-5-20(13-18)33-30(39)22-12-16-10-19(22)14-21(11-16)40-15-23-27(36-41-28(23)17-8-9-17)26-24(31)6-3-7-25(26)32/h2-7,13,16-17,19,21-22H,8-12,14-15H2,1H3,(H,33,39). The second kappa shape index (κ2) is 10.9. The van der Waals surface area contributed by atoms with E-state index >= 15 is 0 Å². The van der Waals surface area contributed by atoms with Gasteiger partial charge in [-0.05, 0) is 79.8 Å². The third-order valence-electron chi connectivity index (χ3n) is 8.62. The summed E-state index contributed by atoms with van der Waals surface area (Å²) in [4.78, 5) is 14.8. The normalized spacial score (nSPS) is 23.6. The van der Waals surface area contributed by atoms with Crippen molar-refractivity contribution in [3.05, 3.63) is 63.8 Å². The largest absolute Gasteiger partial charge is 0.373 e. The minimum atomic E-state index is -0.0398. The van der Waals surface area contributed by atoms with E-state index in [2.05, 4.69) is 25.9 Å². The summed E-state index contributed by atoms with van der Waals surface area (Å²) in [7, 11) is 1.72. The van der Waals surface area contributed by atoms with Crippen molar-refractivity contribution >= 4 is 34.8 Å². The summed E-state index contributed by atoms with van der Waals surface area (Å²) in [5.74, 6) is 2.55. The minimum Gasteiger partial charge on any atom is -0.373 e. The van der Waals surface area contributed by atoms with Crippen LogP contribution >= 0.6 is 23.2 Å². The van der Waals surface area contributed by atoms with Gasteiger partial charge in [-0.1, -0.05) is 46.6 Å². The van der Waals surface area contributed by atoms with Gasteiger partial charge in [0.25, 0.3) is 0 Å². The molecule has 4 aromatic rings. The lowest BCUT2D eigenvalue weighted by Gasteiger charge is -2.28. The molecule has 4 atom stereocenters. The third kappa shape index (κ3) is 5.38. The van der Waals surface area contributed by atoms with Crippen LogP contribution in [0.3, 0.4) is 0 Å². The smallest absolute Gasteiger partial charge is 0.227 e. The van der Waals surface area contributed by atoms with Crippen LogP contribution in [-0.4, -0.2) is 37.4 Å². The van der Waals surface area contributed by atoms with E-state index in [-0.39, 0.29) is 23.8 Å². The van der Waals surface area contributed by atoms with E-state index in [1.807, 2.05) is 42.5 Å². The number of ether oxygens (including phenoxy) is 1. The van der Waals surface area contributed by atoms with Crippen LogP contribution in [0.15, 0.2) is 47.0 Å². The van der Waals surface area contributed by atoms with Crippen molar-refractivity contribution in [2.75, 3.05) is 5.32 Å². The summed E-state index contributed by atoms with van der Waals surface area (Å²) in [6.07, 6.45) is 5.97. The number of hydrogen-bond donors (Lipinski definition) is 1. The fraction of sp³-hybridized carbons (Fsp3) is 0.433. The Labute approximate surface area is 247 Å². The summed E-state index contributed by atoms with van der Waals surface area (Å²) in [5, 5.41) is 20.8. The molecule has 3 aliphatic rings. The highest BCUT2D eigenvalue weighted by Crippen LogP contribution is 2.49. The van der Waals surface area contributed by atoms with E-state index in [0.29, 0.717) is 45.6 Å². The number of nitrogens with zero attached hydrogens (tertiary/aromatic N) is 5. The number of halogens is 2. The number of aryl methyl sites for hydroxylation is 1. The molecule has 41 heavy (non-hydrogen) atoms. The molecule has 11 heteroatoms. The Morgan fingerprint density at radius 2 is 1.90 bits per heavy atom. The highest BCUT2D eigenvalue weighted by Gasteiger charge is 2.44. The molecule has 3 fully saturated rings. The number of aromatic nitrogens is 5. The van der Waals surface area contributed by atoms with Crippen molar-refractivity contribution in [1.29, 1.82) is 0 Å². The van der Waals surface area contributed by atoms with Gasteiger partial charge in [-0.15, -0.1) is 10.2 Å². The van der Waals surface area contributed by atoms with Crippen molar-refractivity contribution < 1.29 is 14.1 Å². The van der Waals surface area contributed by atoms with Gasteiger partial charge in [-0.2, -0.15) is 4.80 Å². The lowest BCUT2D eigenvalue weighted by Crippen LogP contribution is -2.29. The van der Waals surface area contributed by atoms with Crippen LogP contribution in [0.2, 0.25) is 10.0 Å². The van der Waals surface area contributed by atoms with Gasteiger partial charge in [0.05, 0.1) is 29.8 Å². The first-order chi connectivity index (χ1) is 19.9. The lowest BCUT2D eigenvalue weighted by atomic mass is 9.85. The Balaban J connectivity index is 1.03. The van der Waals surface area contributed by atoms with Crippen molar-refractivity contribution in [3.8, 4) is 22.6 Å². The predicted molar refractivity (Wildman–Crippen MR) is 154 cm³/mol.